The van der Waals surface area contributed by atoms with Crippen LogP contribution < -0.4 is 5.32 Å². The molecule has 0 saturated carbocycles. The van der Waals surface area contributed by atoms with Crippen LogP contribution in [-0.2, 0) is 4.79 Å². The van der Waals surface area contributed by atoms with E-state index in [1.54, 1.807) is 6.07 Å². The molecule has 0 spiro atoms. The Kier molecular flexibility index (Phi) is 3.77. The molecule has 0 bridgehead atoms. The molecular weight excluding hydrogens is 276 g/mol. The summed E-state index contributed by atoms with van der Waals surface area (Å²) in [7, 11) is 0. The molecule has 2 amide bonds. The number of rotatable bonds is 3. The first kappa shape index (κ1) is 13.2. The average Bonchev–Trinajstić information content (AvgIpc) is 2.61. The van der Waals surface area contributed by atoms with Crippen LogP contribution in [0.2, 0.25) is 4.34 Å². The van der Waals surface area contributed by atoms with Crippen molar-refractivity contribution in [1.29, 1.82) is 0 Å². The summed E-state index contributed by atoms with van der Waals surface area (Å²) in [5.74, 6) is -1.28. The first-order valence-corrected chi connectivity index (χ1v) is 6.70. The van der Waals surface area contributed by atoms with E-state index in [1.807, 2.05) is 13.0 Å². The SMILES string of the molecule is CC(NC(=O)N1CC(C(=O)O)C1)c1ccc(Cl)s1. The number of hydrogen-bond acceptors (Lipinski definition) is 3. The van der Waals surface area contributed by atoms with E-state index in [0.29, 0.717) is 4.34 Å². The predicted octanol–water partition coefficient (Wildman–Crippen LogP) is 2.19. The number of urea groups is 1. The van der Waals surface area contributed by atoms with Crippen LogP contribution in [0.25, 0.3) is 0 Å². The summed E-state index contributed by atoms with van der Waals surface area (Å²) in [6.07, 6.45) is 0. The Bertz CT molecular complexity index is 471. The monoisotopic (exact) mass is 288 g/mol. The summed E-state index contributed by atoms with van der Waals surface area (Å²) in [6, 6.07) is 3.30. The number of carbonyl (C=O) groups is 2. The number of nitrogens with zero attached hydrogens (tertiary/aromatic N) is 1. The highest BCUT2D eigenvalue weighted by atomic mass is 35.5. The van der Waals surface area contributed by atoms with Crippen molar-refractivity contribution in [2.75, 3.05) is 13.1 Å². The third-order valence-corrected chi connectivity index (χ3v) is 4.29. The van der Waals surface area contributed by atoms with E-state index in [1.165, 1.54) is 16.2 Å². The smallest absolute Gasteiger partial charge is 0.317 e. The average molecular weight is 289 g/mol. The molecule has 2 heterocycles. The zero-order chi connectivity index (χ0) is 13.3. The Labute approximate surface area is 113 Å². The minimum absolute atomic E-state index is 0.126. The van der Waals surface area contributed by atoms with E-state index >= 15 is 0 Å². The Morgan fingerprint density at radius 2 is 2.22 bits per heavy atom. The molecule has 1 aliphatic heterocycles. The van der Waals surface area contributed by atoms with E-state index in [9.17, 15) is 9.59 Å². The number of nitrogens with one attached hydrogen (secondary N) is 1. The van der Waals surface area contributed by atoms with Gasteiger partial charge in [-0.05, 0) is 19.1 Å². The maximum Gasteiger partial charge on any atom is 0.317 e. The highest BCUT2D eigenvalue weighted by Gasteiger charge is 2.35. The van der Waals surface area contributed by atoms with Crippen molar-refractivity contribution in [2.45, 2.75) is 13.0 Å². The molecule has 0 radical (unpaired) electrons. The molecule has 1 saturated heterocycles. The number of carboxylic acid groups (broad SMARTS) is 1. The zero-order valence-electron chi connectivity index (χ0n) is 9.72. The second-order valence-electron chi connectivity index (χ2n) is 4.25. The van der Waals surface area contributed by atoms with Gasteiger partial charge in [0.25, 0.3) is 0 Å². The van der Waals surface area contributed by atoms with Crippen molar-refractivity contribution >= 4 is 34.9 Å². The third kappa shape index (κ3) is 2.76. The van der Waals surface area contributed by atoms with Gasteiger partial charge in [0.15, 0.2) is 0 Å². The van der Waals surface area contributed by atoms with Crippen LogP contribution in [0.5, 0.6) is 0 Å². The van der Waals surface area contributed by atoms with Crippen molar-refractivity contribution in [3.8, 4) is 0 Å². The van der Waals surface area contributed by atoms with Crippen molar-refractivity contribution in [3.63, 3.8) is 0 Å². The molecule has 1 fully saturated rings. The molecule has 1 aromatic rings. The second kappa shape index (κ2) is 5.16. The Balaban J connectivity index is 1.84. The second-order valence-corrected chi connectivity index (χ2v) is 6.00. The van der Waals surface area contributed by atoms with Gasteiger partial charge in [-0.1, -0.05) is 11.6 Å². The van der Waals surface area contributed by atoms with Gasteiger partial charge >= 0.3 is 12.0 Å². The molecule has 1 unspecified atom stereocenters. The largest absolute Gasteiger partial charge is 0.481 e. The number of thiophene rings is 1. The lowest BCUT2D eigenvalue weighted by Gasteiger charge is -2.37. The molecule has 2 N–H and O–H groups in total. The van der Waals surface area contributed by atoms with Crippen molar-refractivity contribution < 1.29 is 14.7 Å². The highest BCUT2D eigenvalue weighted by molar-refractivity contribution is 7.16. The van der Waals surface area contributed by atoms with E-state index in [0.717, 1.165) is 4.88 Å². The Morgan fingerprint density at radius 1 is 1.56 bits per heavy atom. The standard InChI is InChI=1S/C11H13ClN2O3S/c1-6(8-2-3-9(12)18-8)13-11(17)14-4-7(5-14)10(15)16/h2-3,6-7H,4-5H2,1H3,(H,13,17)(H,15,16). The summed E-state index contributed by atoms with van der Waals surface area (Å²) < 4.78 is 0.681. The third-order valence-electron chi connectivity index (χ3n) is 2.88. The Morgan fingerprint density at radius 3 is 2.72 bits per heavy atom. The molecule has 98 valence electrons. The number of carboxylic acids is 1. The lowest BCUT2D eigenvalue weighted by Crippen LogP contribution is -2.56. The fourth-order valence-corrected chi connectivity index (χ4v) is 2.77. The molecule has 7 heteroatoms. The Hall–Kier alpha value is -1.27. The van der Waals surface area contributed by atoms with Crippen LogP contribution in [0.3, 0.4) is 0 Å². The van der Waals surface area contributed by atoms with Crippen LogP contribution in [0.1, 0.15) is 17.8 Å². The molecule has 0 aliphatic carbocycles. The van der Waals surface area contributed by atoms with Gasteiger partial charge in [0.1, 0.15) is 0 Å². The number of amides is 2. The first-order valence-electron chi connectivity index (χ1n) is 5.51. The highest BCUT2D eigenvalue weighted by Crippen LogP contribution is 2.27. The zero-order valence-corrected chi connectivity index (χ0v) is 11.3. The van der Waals surface area contributed by atoms with Crippen molar-refractivity contribution in [1.82, 2.24) is 10.2 Å². The number of hydrogen-bond donors (Lipinski definition) is 2. The van der Waals surface area contributed by atoms with Crippen LogP contribution in [-0.4, -0.2) is 35.1 Å². The van der Waals surface area contributed by atoms with E-state index in [2.05, 4.69) is 5.32 Å². The predicted molar refractivity (Wildman–Crippen MR) is 69.0 cm³/mol. The van der Waals surface area contributed by atoms with Crippen molar-refractivity contribution in [3.05, 3.63) is 21.3 Å². The number of aliphatic carboxylic acids is 1. The van der Waals surface area contributed by atoms with E-state index < -0.39 is 11.9 Å². The first-order chi connectivity index (χ1) is 8.47. The molecule has 1 aliphatic rings. The van der Waals surface area contributed by atoms with Crippen LogP contribution in [0.4, 0.5) is 4.79 Å². The molecule has 2 rings (SSSR count). The van der Waals surface area contributed by atoms with E-state index in [-0.39, 0.29) is 25.2 Å². The van der Waals surface area contributed by atoms with Crippen LogP contribution in [0, 0.1) is 5.92 Å². The van der Waals surface area contributed by atoms with Crippen LogP contribution >= 0.6 is 22.9 Å². The fraction of sp³-hybridized carbons (Fsp3) is 0.455. The van der Waals surface area contributed by atoms with Gasteiger partial charge in [-0.2, -0.15) is 0 Å². The van der Waals surface area contributed by atoms with E-state index in [4.69, 9.17) is 16.7 Å². The topological polar surface area (TPSA) is 69.6 Å². The molecule has 18 heavy (non-hydrogen) atoms. The van der Waals surface area contributed by atoms with Crippen LogP contribution in [0.15, 0.2) is 12.1 Å². The quantitative estimate of drug-likeness (QED) is 0.896. The number of carbonyl (C=O) groups excluding carboxylic acids is 1. The molecule has 0 aromatic carbocycles. The number of halogens is 1. The summed E-state index contributed by atoms with van der Waals surface area (Å²) in [5.41, 5.74) is 0. The maximum atomic E-state index is 11.8. The summed E-state index contributed by atoms with van der Waals surface area (Å²) in [6.45, 7) is 2.42. The van der Waals surface area contributed by atoms with Gasteiger partial charge in [0, 0.05) is 18.0 Å². The lowest BCUT2D eigenvalue weighted by atomic mass is 10.0. The van der Waals surface area contributed by atoms with Gasteiger partial charge in [-0.25, -0.2) is 4.79 Å². The number of likely N-dealkylation sites (tertiary alicyclic amines) is 1. The van der Waals surface area contributed by atoms with Gasteiger partial charge in [0.2, 0.25) is 0 Å². The maximum absolute atomic E-state index is 11.8. The van der Waals surface area contributed by atoms with Gasteiger partial charge in [-0.15, -0.1) is 11.3 Å². The van der Waals surface area contributed by atoms with Gasteiger partial charge in [-0.3, -0.25) is 4.79 Å². The summed E-state index contributed by atoms with van der Waals surface area (Å²) in [4.78, 5) is 24.9. The molecule has 1 atom stereocenters. The fourth-order valence-electron chi connectivity index (χ4n) is 1.71. The summed E-state index contributed by atoms with van der Waals surface area (Å²) >= 11 is 7.24. The van der Waals surface area contributed by atoms with Gasteiger partial charge in [0.05, 0.1) is 16.3 Å². The minimum Gasteiger partial charge on any atom is -0.481 e. The molecule has 1 aromatic heterocycles. The minimum atomic E-state index is -0.850. The van der Waals surface area contributed by atoms with Crippen molar-refractivity contribution in [2.24, 2.45) is 5.92 Å². The molecule has 5 nitrogen and oxygen atoms in total. The lowest BCUT2D eigenvalue weighted by molar-refractivity contribution is -0.146. The summed E-state index contributed by atoms with van der Waals surface area (Å²) in [5, 5.41) is 11.5. The molecular formula is C11H13ClN2O3S. The van der Waals surface area contributed by atoms with Gasteiger partial charge < -0.3 is 15.3 Å². The normalized spacial score (nSPS) is 17.1.